The van der Waals surface area contributed by atoms with E-state index in [0.717, 1.165) is 19.2 Å². The van der Waals surface area contributed by atoms with Gasteiger partial charge in [-0.3, -0.25) is 14.7 Å². The number of ether oxygens (including phenoxy) is 1. The standard InChI is InChI=1S/C21H22FN5O3/c1-12(2)21-25-19(30-26-21)11-27-9-15(10-27)29-14-4-6-18(24-8-14)16-5-3-13(20(23)28)7-17(16)22/h3-8,12,15H,9-11H2,1-2H3,(H2,23,28). The first kappa shape index (κ1) is 20.0. The van der Waals surface area contributed by atoms with Crippen LogP contribution in [0.25, 0.3) is 11.3 Å². The van der Waals surface area contributed by atoms with Crippen LogP contribution in [-0.4, -0.2) is 45.1 Å². The molecule has 0 unspecified atom stereocenters. The maximum Gasteiger partial charge on any atom is 0.248 e. The number of likely N-dealkylation sites (tertiary alicyclic amines) is 1. The summed E-state index contributed by atoms with van der Waals surface area (Å²) < 4.78 is 25.4. The molecule has 1 saturated heterocycles. The zero-order chi connectivity index (χ0) is 21.3. The van der Waals surface area contributed by atoms with Gasteiger partial charge >= 0.3 is 0 Å². The number of carbonyl (C=O) groups is 1. The van der Waals surface area contributed by atoms with Gasteiger partial charge in [0, 0.05) is 30.1 Å². The number of rotatable bonds is 7. The Bertz CT molecular complexity index is 1050. The summed E-state index contributed by atoms with van der Waals surface area (Å²) >= 11 is 0. The zero-order valence-corrected chi connectivity index (χ0v) is 16.7. The van der Waals surface area contributed by atoms with Crippen LogP contribution >= 0.6 is 0 Å². The van der Waals surface area contributed by atoms with E-state index >= 15 is 0 Å². The first-order valence-electron chi connectivity index (χ1n) is 9.66. The van der Waals surface area contributed by atoms with Crippen molar-refractivity contribution in [2.75, 3.05) is 13.1 Å². The number of halogens is 1. The molecule has 0 aliphatic carbocycles. The lowest BCUT2D eigenvalue weighted by molar-refractivity contribution is 0.00844. The Morgan fingerprint density at radius 3 is 2.73 bits per heavy atom. The second-order valence-corrected chi connectivity index (χ2v) is 7.57. The molecule has 1 aliphatic heterocycles. The third kappa shape index (κ3) is 4.30. The van der Waals surface area contributed by atoms with Crippen molar-refractivity contribution in [2.24, 2.45) is 5.73 Å². The highest BCUT2D eigenvalue weighted by atomic mass is 19.1. The molecular weight excluding hydrogens is 389 g/mol. The molecule has 30 heavy (non-hydrogen) atoms. The number of nitrogens with zero attached hydrogens (tertiary/aromatic N) is 4. The summed E-state index contributed by atoms with van der Waals surface area (Å²) in [6.45, 7) is 6.12. The maximum atomic E-state index is 14.2. The van der Waals surface area contributed by atoms with Gasteiger partial charge in [0.15, 0.2) is 5.82 Å². The average Bonchev–Trinajstić information content (AvgIpc) is 3.16. The Hall–Kier alpha value is -3.33. The molecule has 0 spiro atoms. The summed E-state index contributed by atoms with van der Waals surface area (Å²) in [6.07, 6.45) is 1.60. The molecule has 0 saturated carbocycles. The van der Waals surface area contributed by atoms with Gasteiger partial charge in [-0.1, -0.05) is 19.0 Å². The lowest BCUT2D eigenvalue weighted by atomic mass is 10.1. The van der Waals surface area contributed by atoms with E-state index in [-0.39, 0.29) is 17.6 Å². The average molecular weight is 411 g/mol. The number of hydrogen-bond donors (Lipinski definition) is 1. The van der Waals surface area contributed by atoms with Crippen LogP contribution in [0, 0.1) is 5.82 Å². The van der Waals surface area contributed by atoms with Crippen molar-refractivity contribution >= 4 is 5.91 Å². The molecule has 1 aromatic carbocycles. The lowest BCUT2D eigenvalue weighted by Crippen LogP contribution is -2.53. The van der Waals surface area contributed by atoms with Crippen LogP contribution in [0.5, 0.6) is 5.75 Å². The minimum absolute atomic E-state index is 0.0386. The normalized spacial score (nSPS) is 14.7. The zero-order valence-electron chi connectivity index (χ0n) is 16.7. The van der Waals surface area contributed by atoms with Crippen LogP contribution in [0.3, 0.4) is 0 Å². The number of pyridine rings is 1. The molecular formula is C21H22FN5O3. The van der Waals surface area contributed by atoms with Crippen LogP contribution in [0.1, 0.15) is 41.8 Å². The van der Waals surface area contributed by atoms with Gasteiger partial charge in [-0.25, -0.2) is 4.39 Å². The Balaban J connectivity index is 1.31. The molecule has 0 radical (unpaired) electrons. The summed E-state index contributed by atoms with van der Waals surface area (Å²) in [6, 6.07) is 7.51. The number of amides is 1. The largest absolute Gasteiger partial charge is 0.486 e. The molecule has 0 bridgehead atoms. The lowest BCUT2D eigenvalue weighted by Gasteiger charge is -2.37. The van der Waals surface area contributed by atoms with E-state index in [9.17, 15) is 9.18 Å². The van der Waals surface area contributed by atoms with Crippen LogP contribution in [0.4, 0.5) is 4.39 Å². The van der Waals surface area contributed by atoms with Crippen LogP contribution < -0.4 is 10.5 Å². The minimum atomic E-state index is -0.675. The van der Waals surface area contributed by atoms with Gasteiger partial charge in [0.05, 0.1) is 18.4 Å². The van der Waals surface area contributed by atoms with Gasteiger partial charge in [-0.2, -0.15) is 4.98 Å². The van der Waals surface area contributed by atoms with E-state index in [1.165, 1.54) is 12.1 Å². The van der Waals surface area contributed by atoms with Crippen molar-refractivity contribution in [2.45, 2.75) is 32.4 Å². The summed E-state index contributed by atoms with van der Waals surface area (Å²) in [5, 5.41) is 3.96. The topological polar surface area (TPSA) is 107 Å². The molecule has 0 atom stereocenters. The molecule has 156 valence electrons. The molecule has 8 nitrogen and oxygen atoms in total. The van der Waals surface area contributed by atoms with Gasteiger partial charge in [0.25, 0.3) is 0 Å². The molecule has 4 rings (SSSR count). The SMILES string of the molecule is CC(C)c1noc(CN2CC(Oc3ccc(-c4ccc(C(N)=O)cc4F)nc3)C2)n1. The van der Waals surface area contributed by atoms with Gasteiger partial charge in [0.2, 0.25) is 11.8 Å². The molecule has 2 N–H and O–H groups in total. The molecule has 3 heterocycles. The van der Waals surface area contributed by atoms with E-state index in [2.05, 4.69) is 20.0 Å². The van der Waals surface area contributed by atoms with E-state index in [1.807, 2.05) is 13.8 Å². The molecule has 9 heteroatoms. The number of primary amides is 1. The van der Waals surface area contributed by atoms with Crippen molar-refractivity contribution in [1.29, 1.82) is 0 Å². The number of benzene rings is 1. The van der Waals surface area contributed by atoms with Crippen molar-refractivity contribution in [1.82, 2.24) is 20.0 Å². The van der Waals surface area contributed by atoms with Crippen LogP contribution in [0.15, 0.2) is 41.1 Å². The molecule has 1 amide bonds. The second-order valence-electron chi connectivity index (χ2n) is 7.57. The third-order valence-electron chi connectivity index (χ3n) is 4.85. The van der Waals surface area contributed by atoms with Gasteiger partial charge in [-0.15, -0.1) is 0 Å². The fraction of sp³-hybridized carbons (Fsp3) is 0.333. The van der Waals surface area contributed by atoms with Gasteiger partial charge < -0.3 is 15.0 Å². The Labute approximate surface area is 172 Å². The van der Waals surface area contributed by atoms with Crippen molar-refractivity contribution < 1.29 is 18.4 Å². The minimum Gasteiger partial charge on any atom is -0.486 e. The fourth-order valence-corrected chi connectivity index (χ4v) is 3.16. The summed E-state index contributed by atoms with van der Waals surface area (Å²) in [4.78, 5) is 21.9. The van der Waals surface area contributed by atoms with E-state index in [0.29, 0.717) is 35.3 Å². The molecule has 2 aromatic heterocycles. The van der Waals surface area contributed by atoms with Crippen molar-refractivity contribution in [3.05, 3.63) is 59.6 Å². The highest BCUT2D eigenvalue weighted by Crippen LogP contribution is 2.25. The first-order chi connectivity index (χ1) is 14.4. The third-order valence-corrected chi connectivity index (χ3v) is 4.85. The van der Waals surface area contributed by atoms with E-state index in [4.69, 9.17) is 15.0 Å². The number of nitrogens with two attached hydrogens (primary N) is 1. The second kappa shape index (κ2) is 8.19. The number of hydrogen-bond acceptors (Lipinski definition) is 7. The van der Waals surface area contributed by atoms with Gasteiger partial charge in [-0.05, 0) is 30.3 Å². The smallest absolute Gasteiger partial charge is 0.248 e. The van der Waals surface area contributed by atoms with E-state index < -0.39 is 11.7 Å². The quantitative estimate of drug-likeness (QED) is 0.637. The highest BCUT2D eigenvalue weighted by molar-refractivity contribution is 5.93. The van der Waals surface area contributed by atoms with Crippen LogP contribution in [0.2, 0.25) is 0 Å². The van der Waals surface area contributed by atoms with E-state index in [1.54, 1.807) is 18.3 Å². The summed E-state index contributed by atoms with van der Waals surface area (Å²) in [5.74, 6) is 0.935. The Kier molecular flexibility index (Phi) is 5.45. The number of carbonyl (C=O) groups excluding carboxylic acids is 1. The fourth-order valence-electron chi connectivity index (χ4n) is 3.16. The predicted octanol–water partition coefficient (Wildman–Crippen LogP) is 2.76. The molecule has 3 aromatic rings. The molecule has 1 aliphatic rings. The summed E-state index contributed by atoms with van der Waals surface area (Å²) in [7, 11) is 0. The Morgan fingerprint density at radius 2 is 2.13 bits per heavy atom. The van der Waals surface area contributed by atoms with Crippen molar-refractivity contribution in [3.8, 4) is 17.0 Å². The predicted molar refractivity (Wildman–Crippen MR) is 106 cm³/mol. The van der Waals surface area contributed by atoms with Crippen LogP contribution in [-0.2, 0) is 6.54 Å². The first-order valence-corrected chi connectivity index (χ1v) is 9.66. The maximum absolute atomic E-state index is 14.2. The monoisotopic (exact) mass is 411 g/mol. The van der Waals surface area contributed by atoms with Gasteiger partial charge in [0.1, 0.15) is 17.7 Å². The highest BCUT2D eigenvalue weighted by Gasteiger charge is 2.30. The molecule has 1 fully saturated rings. The number of aromatic nitrogens is 3. The Morgan fingerprint density at radius 1 is 1.33 bits per heavy atom. The summed E-state index contributed by atoms with van der Waals surface area (Å²) in [5.41, 5.74) is 6.03. The van der Waals surface area contributed by atoms with Crippen molar-refractivity contribution in [3.63, 3.8) is 0 Å².